The zero-order valence-corrected chi connectivity index (χ0v) is 20.4. The number of likely N-dealkylation sites (tertiary alicyclic amines) is 1. The van der Waals surface area contributed by atoms with Crippen molar-refractivity contribution in [2.75, 3.05) is 46.5 Å². The molecule has 1 N–H and O–H groups in total. The highest BCUT2D eigenvalue weighted by molar-refractivity contribution is 6.46. The van der Waals surface area contributed by atoms with Gasteiger partial charge in [-0.2, -0.15) is 0 Å². The molecule has 2 aromatic carbocycles. The molecule has 2 fully saturated rings. The van der Waals surface area contributed by atoms with Gasteiger partial charge in [0.2, 0.25) is 5.78 Å². The summed E-state index contributed by atoms with van der Waals surface area (Å²) in [6.07, 6.45) is 0.0160. The monoisotopic (exact) mass is 480 g/mol. The Kier molecular flexibility index (Phi) is 7.73. The first-order valence-corrected chi connectivity index (χ1v) is 12.0. The number of rotatable bonds is 8. The van der Waals surface area contributed by atoms with Crippen molar-refractivity contribution in [3.05, 3.63) is 65.2 Å². The van der Waals surface area contributed by atoms with Gasteiger partial charge in [-0.25, -0.2) is 0 Å². The van der Waals surface area contributed by atoms with Gasteiger partial charge < -0.3 is 29.1 Å². The van der Waals surface area contributed by atoms with E-state index < -0.39 is 23.5 Å². The molecule has 0 aliphatic carbocycles. The number of ketones is 1. The Hall–Kier alpha value is -3.36. The molecule has 0 bridgehead atoms. The van der Waals surface area contributed by atoms with Gasteiger partial charge >= 0.3 is 0 Å². The number of carbonyl (C=O) groups is 2. The topological polar surface area (TPSA) is 92.6 Å². The third-order valence-electron chi connectivity index (χ3n) is 6.36. The summed E-state index contributed by atoms with van der Waals surface area (Å²) in [5.74, 6) is -0.531. The highest BCUT2D eigenvalue weighted by Gasteiger charge is 2.44. The van der Waals surface area contributed by atoms with Gasteiger partial charge in [-0.3, -0.25) is 9.59 Å². The van der Waals surface area contributed by atoms with Crippen LogP contribution in [0.25, 0.3) is 5.76 Å². The third kappa shape index (κ3) is 5.49. The Labute approximate surface area is 205 Å². The molecule has 2 saturated heterocycles. The SMILES string of the molecule is COc1ccc(/C([O-])=C2\C(=O)C(=O)N(CC[NH+]3CCOCC3)C2c2ccc(OC(C)C)cc2)cc1. The molecule has 2 heterocycles. The number of amides is 1. The zero-order chi connectivity index (χ0) is 24.9. The number of hydrogen-bond acceptors (Lipinski definition) is 6. The molecule has 4 rings (SSSR count). The van der Waals surface area contributed by atoms with Crippen LogP contribution < -0.4 is 19.5 Å². The maximum atomic E-state index is 13.5. The average Bonchev–Trinajstić information content (AvgIpc) is 3.12. The van der Waals surface area contributed by atoms with Crippen LogP contribution in [0.15, 0.2) is 54.1 Å². The number of ether oxygens (including phenoxy) is 3. The molecule has 186 valence electrons. The Morgan fingerprint density at radius 3 is 2.29 bits per heavy atom. The van der Waals surface area contributed by atoms with Gasteiger partial charge in [0.1, 0.15) is 24.6 Å². The molecule has 1 atom stereocenters. The highest BCUT2D eigenvalue weighted by Crippen LogP contribution is 2.39. The fraction of sp³-hybridized carbons (Fsp3) is 0.407. The summed E-state index contributed by atoms with van der Waals surface area (Å²) >= 11 is 0. The summed E-state index contributed by atoms with van der Waals surface area (Å²) in [5, 5.41) is 13.5. The van der Waals surface area contributed by atoms with E-state index in [-0.39, 0.29) is 11.7 Å². The highest BCUT2D eigenvalue weighted by atomic mass is 16.5. The van der Waals surface area contributed by atoms with E-state index in [4.69, 9.17) is 14.2 Å². The van der Waals surface area contributed by atoms with Gasteiger partial charge in [0.05, 0.1) is 45.6 Å². The number of Topliss-reactive ketones (excluding diaryl/α,β-unsaturated/α-hetero) is 1. The fourth-order valence-corrected chi connectivity index (χ4v) is 4.53. The lowest BCUT2D eigenvalue weighted by atomic mass is 9.95. The quantitative estimate of drug-likeness (QED) is 0.338. The van der Waals surface area contributed by atoms with E-state index in [0.717, 1.165) is 13.1 Å². The van der Waals surface area contributed by atoms with Crippen molar-refractivity contribution in [3.63, 3.8) is 0 Å². The van der Waals surface area contributed by atoms with Crippen LogP contribution in [0.3, 0.4) is 0 Å². The van der Waals surface area contributed by atoms with Crippen LogP contribution in [0.2, 0.25) is 0 Å². The molecule has 0 spiro atoms. The number of benzene rings is 2. The average molecular weight is 481 g/mol. The van der Waals surface area contributed by atoms with Crippen molar-refractivity contribution in [1.82, 2.24) is 4.90 Å². The van der Waals surface area contributed by atoms with Crippen molar-refractivity contribution >= 4 is 17.4 Å². The van der Waals surface area contributed by atoms with Crippen LogP contribution in [0.4, 0.5) is 0 Å². The molecule has 8 nitrogen and oxygen atoms in total. The molecular weight excluding hydrogens is 448 g/mol. The third-order valence-corrected chi connectivity index (χ3v) is 6.36. The van der Waals surface area contributed by atoms with Gasteiger partial charge in [0.15, 0.2) is 0 Å². The maximum absolute atomic E-state index is 13.5. The summed E-state index contributed by atoms with van der Waals surface area (Å²) in [6.45, 7) is 7.99. The standard InChI is InChI=1S/C27H32N2O6/c1-18(2)35-22-10-4-19(5-11-22)24-23(25(30)20-6-8-21(33-3)9-7-20)26(31)27(32)29(24)13-12-28-14-16-34-17-15-28/h4-11,18,24,30H,12-17H2,1-3H3/b25-23+. The van der Waals surface area contributed by atoms with Gasteiger partial charge in [0, 0.05) is 5.57 Å². The number of hydrogen-bond donors (Lipinski definition) is 1. The predicted molar refractivity (Wildman–Crippen MR) is 128 cm³/mol. The largest absolute Gasteiger partial charge is 0.872 e. The van der Waals surface area contributed by atoms with E-state index >= 15 is 0 Å². The lowest BCUT2D eigenvalue weighted by Crippen LogP contribution is -3.14. The van der Waals surface area contributed by atoms with Crippen LogP contribution in [0.5, 0.6) is 11.5 Å². The van der Waals surface area contributed by atoms with Crippen LogP contribution in [0.1, 0.15) is 31.0 Å². The molecule has 0 radical (unpaired) electrons. The Balaban J connectivity index is 1.71. The molecule has 0 saturated carbocycles. The molecule has 8 heteroatoms. The number of quaternary nitrogens is 1. The second kappa shape index (κ2) is 10.9. The second-order valence-corrected chi connectivity index (χ2v) is 9.05. The molecular formula is C27H32N2O6. The predicted octanol–water partition coefficient (Wildman–Crippen LogP) is 0.622. The number of morpholine rings is 1. The number of nitrogens with zero attached hydrogens (tertiary/aromatic N) is 1. The molecule has 2 aliphatic heterocycles. The summed E-state index contributed by atoms with van der Waals surface area (Å²) < 4.78 is 16.4. The summed E-state index contributed by atoms with van der Waals surface area (Å²) in [6, 6.07) is 13.1. The number of methoxy groups -OCH3 is 1. The van der Waals surface area contributed by atoms with E-state index in [2.05, 4.69) is 0 Å². The van der Waals surface area contributed by atoms with Crippen molar-refractivity contribution < 1.29 is 33.8 Å². The van der Waals surface area contributed by atoms with Crippen LogP contribution in [-0.2, 0) is 14.3 Å². The Morgan fingerprint density at radius 2 is 1.69 bits per heavy atom. The lowest BCUT2D eigenvalue weighted by Gasteiger charge is -2.30. The molecule has 35 heavy (non-hydrogen) atoms. The Bertz CT molecular complexity index is 1070. The van der Waals surface area contributed by atoms with Gasteiger partial charge in [-0.1, -0.05) is 30.0 Å². The van der Waals surface area contributed by atoms with E-state index in [9.17, 15) is 14.7 Å². The molecule has 0 aromatic heterocycles. The second-order valence-electron chi connectivity index (χ2n) is 9.05. The van der Waals surface area contributed by atoms with Crippen molar-refractivity contribution in [3.8, 4) is 11.5 Å². The lowest BCUT2D eigenvalue weighted by molar-refractivity contribution is -0.907. The minimum absolute atomic E-state index is 0.0160. The van der Waals surface area contributed by atoms with Crippen LogP contribution >= 0.6 is 0 Å². The molecule has 2 aliphatic rings. The molecule has 1 unspecified atom stereocenters. The zero-order valence-electron chi connectivity index (χ0n) is 20.4. The maximum Gasteiger partial charge on any atom is 0.295 e. The van der Waals surface area contributed by atoms with Crippen LogP contribution in [-0.4, -0.2) is 69.2 Å². The van der Waals surface area contributed by atoms with Crippen molar-refractivity contribution in [2.45, 2.75) is 26.0 Å². The minimum Gasteiger partial charge on any atom is -0.872 e. The van der Waals surface area contributed by atoms with Gasteiger partial charge in [-0.05, 0) is 49.2 Å². The minimum atomic E-state index is -0.752. The molecule has 2 aromatic rings. The first-order chi connectivity index (χ1) is 16.9. The van der Waals surface area contributed by atoms with Crippen LogP contribution in [0, 0.1) is 0 Å². The first-order valence-electron chi connectivity index (χ1n) is 12.0. The van der Waals surface area contributed by atoms with E-state index in [1.54, 1.807) is 36.3 Å². The van der Waals surface area contributed by atoms with Crippen molar-refractivity contribution in [2.24, 2.45) is 0 Å². The van der Waals surface area contributed by atoms with E-state index in [1.807, 2.05) is 38.1 Å². The Morgan fingerprint density at radius 1 is 1.06 bits per heavy atom. The number of carbonyl (C=O) groups excluding carboxylic acids is 2. The summed E-state index contributed by atoms with van der Waals surface area (Å²) in [4.78, 5) is 29.2. The van der Waals surface area contributed by atoms with Gasteiger partial charge in [0.25, 0.3) is 5.91 Å². The van der Waals surface area contributed by atoms with Gasteiger partial charge in [-0.15, -0.1) is 0 Å². The molecule has 1 amide bonds. The number of nitrogens with one attached hydrogen (secondary N) is 1. The first kappa shape index (κ1) is 24.8. The summed E-state index contributed by atoms with van der Waals surface area (Å²) in [5.41, 5.74) is 1.02. The smallest absolute Gasteiger partial charge is 0.295 e. The van der Waals surface area contributed by atoms with E-state index in [0.29, 0.717) is 48.9 Å². The van der Waals surface area contributed by atoms with Crippen molar-refractivity contribution in [1.29, 1.82) is 0 Å². The fourth-order valence-electron chi connectivity index (χ4n) is 4.53. The van der Waals surface area contributed by atoms with E-state index in [1.165, 1.54) is 4.90 Å². The summed E-state index contributed by atoms with van der Waals surface area (Å²) in [7, 11) is 1.54. The normalized spacial score (nSPS) is 20.5.